The van der Waals surface area contributed by atoms with Gasteiger partial charge in [-0.1, -0.05) is 32.1 Å². The van der Waals surface area contributed by atoms with Crippen LogP contribution in [0.1, 0.15) is 64.2 Å². The highest BCUT2D eigenvalue weighted by molar-refractivity contribution is 5.48. The van der Waals surface area contributed by atoms with Crippen LogP contribution >= 0.6 is 0 Å². The van der Waals surface area contributed by atoms with Gasteiger partial charge in [0.2, 0.25) is 0 Å². The van der Waals surface area contributed by atoms with Crippen molar-refractivity contribution in [2.45, 2.75) is 70.3 Å². The Balaban J connectivity index is 1.91. The summed E-state index contributed by atoms with van der Waals surface area (Å²) in [6.07, 6.45) is 13.7. The van der Waals surface area contributed by atoms with Crippen molar-refractivity contribution < 1.29 is 4.79 Å². The molecule has 1 fully saturated rings. The molecule has 1 aliphatic rings. The molecule has 1 heterocycles. The molecule has 1 atom stereocenters. The normalized spacial score (nSPS) is 22.2. The van der Waals surface area contributed by atoms with E-state index in [4.69, 9.17) is 0 Å². The number of carbonyl (C=O) groups is 1. The zero-order valence-electron chi connectivity index (χ0n) is 10.8. The highest BCUT2D eigenvalue weighted by Gasteiger charge is 2.17. The van der Waals surface area contributed by atoms with Crippen molar-refractivity contribution in [2.24, 2.45) is 0 Å². The maximum Gasteiger partial charge on any atom is 0.119 e. The van der Waals surface area contributed by atoms with Crippen molar-refractivity contribution in [1.82, 2.24) is 4.90 Å². The van der Waals surface area contributed by atoms with Crippen molar-refractivity contribution >= 4 is 6.29 Å². The van der Waals surface area contributed by atoms with E-state index in [0.29, 0.717) is 0 Å². The maximum absolute atomic E-state index is 10.1. The molecule has 0 aromatic carbocycles. The number of rotatable bonds is 8. The summed E-state index contributed by atoms with van der Waals surface area (Å²) in [6.45, 7) is 1.30. The Morgan fingerprint density at radius 3 is 2.62 bits per heavy atom. The lowest BCUT2D eigenvalue weighted by molar-refractivity contribution is -0.107. The summed E-state index contributed by atoms with van der Waals surface area (Å²) in [5, 5.41) is 0. The third kappa shape index (κ3) is 5.64. The van der Waals surface area contributed by atoms with E-state index in [-0.39, 0.29) is 0 Å². The Kier molecular flexibility index (Phi) is 7.48. The summed E-state index contributed by atoms with van der Waals surface area (Å²) >= 11 is 0. The minimum absolute atomic E-state index is 0.755. The lowest BCUT2D eigenvalue weighted by Crippen LogP contribution is -2.35. The van der Waals surface area contributed by atoms with Crippen molar-refractivity contribution in [3.63, 3.8) is 0 Å². The summed E-state index contributed by atoms with van der Waals surface area (Å²) in [6, 6.07) is 0.851. The van der Waals surface area contributed by atoms with Crippen molar-refractivity contribution in [1.29, 1.82) is 0 Å². The minimum Gasteiger partial charge on any atom is -0.303 e. The van der Waals surface area contributed by atoms with Crippen LogP contribution in [-0.4, -0.2) is 30.8 Å². The average Bonchev–Trinajstić information content (AvgIpc) is 2.30. The predicted octanol–water partition coefficient (Wildman–Crippen LogP) is 3.40. The molecule has 2 nitrogen and oxygen atoms in total. The number of nitrogens with zero attached hydrogens (tertiary/aromatic N) is 1. The first-order valence-corrected chi connectivity index (χ1v) is 6.98. The second-order valence-corrected chi connectivity index (χ2v) is 5.14. The number of likely N-dealkylation sites (tertiary alicyclic amines) is 1. The molecular formula is C14H27NO. The molecule has 1 aliphatic heterocycles. The summed E-state index contributed by atoms with van der Waals surface area (Å²) in [4.78, 5) is 12.7. The molecule has 1 saturated heterocycles. The second kappa shape index (κ2) is 8.74. The van der Waals surface area contributed by atoms with E-state index in [2.05, 4.69) is 11.9 Å². The molecule has 0 radical (unpaired) electrons. The van der Waals surface area contributed by atoms with Crippen LogP contribution in [0.3, 0.4) is 0 Å². The molecule has 0 bridgehead atoms. The SMILES string of the molecule is CN1CCCCC1CCCCCCCC=O. The number of piperidine rings is 1. The third-order valence-electron chi connectivity index (χ3n) is 3.78. The molecule has 0 aromatic rings. The summed E-state index contributed by atoms with van der Waals surface area (Å²) in [7, 11) is 2.27. The Morgan fingerprint density at radius 1 is 1.12 bits per heavy atom. The first-order chi connectivity index (χ1) is 7.84. The average molecular weight is 225 g/mol. The maximum atomic E-state index is 10.1. The number of hydrogen-bond acceptors (Lipinski definition) is 2. The van der Waals surface area contributed by atoms with Crippen molar-refractivity contribution in [3.8, 4) is 0 Å². The van der Waals surface area contributed by atoms with E-state index in [1.807, 2.05) is 0 Å². The van der Waals surface area contributed by atoms with Gasteiger partial charge >= 0.3 is 0 Å². The molecule has 0 aliphatic carbocycles. The lowest BCUT2D eigenvalue weighted by atomic mass is 9.97. The van der Waals surface area contributed by atoms with E-state index in [9.17, 15) is 4.79 Å². The molecule has 0 spiro atoms. The van der Waals surface area contributed by atoms with Crippen LogP contribution < -0.4 is 0 Å². The largest absolute Gasteiger partial charge is 0.303 e. The third-order valence-corrected chi connectivity index (χ3v) is 3.78. The van der Waals surface area contributed by atoms with Crippen LogP contribution in [0.25, 0.3) is 0 Å². The Bertz CT molecular complexity index is 182. The topological polar surface area (TPSA) is 20.3 Å². The molecule has 2 heteroatoms. The number of aldehydes is 1. The first kappa shape index (κ1) is 13.7. The van der Waals surface area contributed by atoms with E-state index in [1.54, 1.807) is 0 Å². The predicted molar refractivity (Wildman–Crippen MR) is 68.7 cm³/mol. The van der Waals surface area contributed by atoms with Crippen LogP contribution in [-0.2, 0) is 4.79 Å². The Hall–Kier alpha value is -0.370. The Labute approximate surface area is 100 Å². The van der Waals surface area contributed by atoms with Gasteiger partial charge in [0.05, 0.1) is 0 Å². The minimum atomic E-state index is 0.755. The van der Waals surface area contributed by atoms with Gasteiger partial charge in [-0.3, -0.25) is 0 Å². The number of carbonyl (C=O) groups excluding carboxylic acids is 1. The number of unbranched alkanes of at least 4 members (excludes halogenated alkanes) is 5. The van der Waals surface area contributed by atoms with E-state index < -0.39 is 0 Å². The number of hydrogen-bond donors (Lipinski definition) is 0. The van der Waals surface area contributed by atoms with Gasteiger partial charge in [0, 0.05) is 12.5 Å². The van der Waals surface area contributed by atoms with Crippen LogP contribution in [0.2, 0.25) is 0 Å². The molecule has 0 N–H and O–H groups in total. The Morgan fingerprint density at radius 2 is 1.88 bits per heavy atom. The zero-order chi connectivity index (χ0) is 11.6. The van der Waals surface area contributed by atoms with E-state index in [1.165, 1.54) is 57.9 Å². The summed E-state index contributed by atoms with van der Waals surface area (Å²) in [5.74, 6) is 0. The molecule has 94 valence electrons. The van der Waals surface area contributed by atoms with Gasteiger partial charge in [-0.2, -0.15) is 0 Å². The van der Waals surface area contributed by atoms with Gasteiger partial charge in [0.25, 0.3) is 0 Å². The van der Waals surface area contributed by atoms with Gasteiger partial charge in [-0.15, -0.1) is 0 Å². The highest BCUT2D eigenvalue weighted by Crippen LogP contribution is 2.20. The van der Waals surface area contributed by atoms with Gasteiger partial charge in [-0.25, -0.2) is 0 Å². The van der Waals surface area contributed by atoms with Gasteiger partial charge < -0.3 is 9.69 Å². The lowest BCUT2D eigenvalue weighted by Gasteiger charge is -2.32. The van der Waals surface area contributed by atoms with Crippen LogP contribution in [0.15, 0.2) is 0 Å². The molecule has 0 amide bonds. The fourth-order valence-corrected chi connectivity index (χ4v) is 2.65. The molecule has 0 saturated carbocycles. The van der Waals surface area contributed by atoms with Crippen molar-refractivity contribution in [3.05, 3.63) is 0 Å². The second-order valence-electron chi connectivity index (χ2n) is 5.14. The van der Waals surface area contributed by atoms with Crippen LogP contribution in [0.5, 0.6) is 0 Å². The fourth-order valence-electron chi connectivity index (χ4n) is 2.65. The van der Waals surface area contributed by atoms with E-state index >= 15 is 0 Å². The molecule has 1 unspecified atom stereocenters. The zero-order valence-corrected chi connectivity index (χ0v) is 10.8. The molecule has 1 rings (SSSR count). The standard InChI is InChI=1S/C14H27NO/c1-15-12-8-7-11-14(15)10-6-4-2-3-5-9-13-16/h13-14H,2-12H2,1H3. The fraction of sp³-hybridized carbons (Fsp3) is 0.929. The van der Waals surface area contributed by atoms with Crippen molar-refractivity contribution in [2.75, 3.05) is 13.6 Å². The van der Waals surface area contributed by atoms with E-state index in [0.717, 1.165) is 25.2 Å². The van der Waals surface area contributed by atoms with Gasteiger partial charge in [0.1, 0.15) is 6.29 Å². The van der Waals surface area contributed by atoms with Gasteiger partial charge in [0.15, 0.2) is 0 Å². The van der Waals surface area contributed by atoms with Crippen LogP contribution in [0, 0.1) is 0 Å². The monoisotopic (exact) mass is 225 g/mol. The molecule has 0 aromatic heterocycles. The summed E-state index contributed by atoms with van der Waals surface area (Å²) in [5.41, 5.74) is 0. The van der Waals surface area contributed by atoms with Gasteiger partial charge in [-0.05, 0) is 39.3 Å². The summed E-state index contributed by atoms with van der Waals surface area (Å²) < 4.78 is 0. The quantitative estimate of drug-likeness (QED) is 0.466. The highest BCUT2D eigenvalue weighted by atomic mass is 16.1. The molecule has 16 heavy (non-hydrogen) atoms. The smallest absolute Gasteiger partial charge is 0.119 e. The molecular weight excluding hydrogens is 198 g/mol. The van der Waals surface area contributed by atoms with Crippen LogP contribution in [0.4, 0.5) is 0 Å². The first-order valence-electron chi connectivity index (χ1n) is 6.98.